The highest BCUT2D eigenvalue weighted by atomic mass is 16.5. The first-order chi connectivity index (χ1) is 8.65. The van der Waals surface area contributed by atoms with E-state index < -0.39 is 5.97 Å². The molecule has 94 valence electrons. The third kappa shape index (κ3) is 3.14. The Morgan fingerprint density at radius 3 is 2.89 bits per heavy atom. The Bertz CT molecular complexity index is 534. The normalized spacial score (nSPS) is 10.5. The molecule has 0 bridgehead atoms. The van der Waals surface area contributed by atoms with E-state index >= 15 is 0 Å². The molecule has 2 heterocycles. The van der Waals surface area contributed by atoms with Crippen LogP contribution in [-0.4, -0.2) is 21.2 Å². The fourth-order valence-electron chi connectivity index (χ4n) is 1.43. The van der Waals surface area contributed by atoms with Crippen LogP contribution in [0.4, 0.5) is 0 Å². The third-order valence-electron chi connectivity index (χ3n) is 2.38. The van der Waals surface area contributed by atoms with Crippen LogP contribution in [0.25, 0.3) is 0 Å². The van der Waals surface area contributed by atoms with Crippen LogP contribution in [0.5, 0.6) is 0 Å². The topological polar surface area (TPSA) is 88.2 Å². The van der Waals surface area contributed by atoms with Gasteiger partial charge in [0.1, 0.15) is 0 Å². The van der Waals surface area contributed by atoms with Crippen molar-refractivity contribution in [3.05, 3.63) is 47.1 Å². The van der Waals surface area contributed by atoms with Gasteiger partial charge in [0.2, 0.25) is 0 Å². The number of carboxylic acid groups (broad SMARTS) is 1. The molecule has 0 aromatic carbocycles. The summed E-state index contributed by atoms with van der Waals surface area (Å²) in [6, 6.07) is 5.33. The second-order valence-corrected chi connectivity index (χ2v) is 3.89. The highest BCUT2D eigenvalue weighted by Gasteiger charge is 2.09. The zero-order valence-electron chi connectivity index (χ0n) is 9.88. The van der Waals surface area contributed by atoms with Crippen molar-refractivity contribution < 1.29 is 14.4 Å². The average Bonchev–Trinajstić information content (AvgIpc) is 2.81. The molecule has 6 heteroatoms. The van der Waals surface area contributed by atoms with Crippen LogP contribution in [0.15, 0.2) is 28.9 Å². The van der Waals surface area contributed by atoms with Gasteiger partial charge < -0.3 is 14.9 Å². The number of nitrogens with one attached hydrogen (secondary N) is 1. The lowest BCUT2D eigenvalue weighted by Crippen LogP contribution is -2.12. The monoisotopic (exact) mass is 247 g/mol. The minimum atomic E-state index is -1.09. The molecule has 2 rings (SSSR count). The lowest BCUT2D eigenvalue weighted by Gasteiger charge is -2.02. The molecule has 0 aliphatic carbocycles. The number of nitrogens with zero attached hydrogens (tertiary/aromatic N) is 2. The first kappa shape index (κ1) is 12.3. The van der Waals surface area contributed by atoms with Gasteiger partial charge in [-0.2, -0.15) is 0 Å². The molecule has 0 fully saturated rings. The molecule has 0 atom stereocenters. The number of pyridine rings is 1. The minimum Gasteiger partial charge on any atom is -0.476 e. The van der Waals surface area contributed by atoms with Gasteiger partial charge >= 0.3 is 5.97 Å². The second kappa shape index (κ2) is 5.42. The van der Waals surface area contributed by atoms with E-state index in [0.29, 0.717) is 18.8 Å². The van der Waals surface area contributed by atoms with E-state index in [1.54, 1.807) is 6.20 Å². The fraction of sp³-hybridized carbons (Fsp3) is 0.250. The van der Waals surface area contributed by atoms with E-state index in [1.165, 1.54) is 6.07 Å². The summed E-state index contributed by atoms with van der Waals surface area (Å²) in [4.78, 5) is 14.8. The number of aryl methyl sites for hydroxylation is 1. The van der Waals surface area contributed by atoms with Crippen LogP contribution in [0.3, 0.4) is 0 Å². The summed E-state index contributed by atoms with van der Waals surface area (Å²) < 4.78 is 4.87. The van der Waals surface area contributed by atoms with Gasteiger partial charge in [0, 0.05) is 24.5 Å². The Kier molecular flexibility index (Phi) is 3.69. The Hall–Kier alpha value is -2.21. The summed E-state index contributed by atoms with van der Waals surface area (Å²) in [6.45, 7) is 2.99. The smallest absolute Gasteiger partial charge is 0.358 e. The van der Waals surface area contributed by atoms with Crippen molar-refractivity contribution in [3.8, 4) is 0 Å². The minimum absolute atomic E-state index is 0.0798. The van der Waals surface area contributed by atoms with Crippen LogP contribution in [0, 0.1) is 6.92 Å². The van der Waals surface area contributed by atoms with Gasteiger partial charge in [-0.05, 0) is 18.6 Å². The van der Waals surface area contributed by atoms with Gasteiger partial charge in [-0.25, -0.2) is 4.79 Å². The Morgan fingerprint density at radius 2 is 2.28 bits per heavy atom. The fourth-order valence-corrected chi connectivity index (χ4v) is 1.43. The molecule has 2 aromatic rings. The third-order valence-corrected chi connectivity index (χ3v) is 2.38. The molecule has 0 amide bonds. The maximum absolute atomic E-state index is 10.6. The van der Waals surface area contributed by atoms with Crippen LogP contribution in [0.1, 0.15) is 27.5 Å². The van der Waals surface area contributed by atoms with Crippen LogP contribution < -0.4 is 5.32 Å². The lowest BCUT2D eigenvalue weighted by molar-refractivity contribution is 0.0685. The van der Waals surface area contributed by atoms with E-state index in [-0.39, 0.29) is 5.69 Å². The van der Waals surface area contributed by atoms with E-state index in [2.05, 4.69) is 15.5 Å². The van der Waals surface area contributed by atoms with Gasteiger partial charge in [-0.1, -0.05) is 11.2 Å². The molecule has 0 saturated carbocycles. The molecule has 0 aliphatic rings. The summed E-state index contributed by atoms with van der Waals surface area (Å²) in [5.41, 5.74) is 1.95. The number of hydrogen-bond donors (Lipinski definition) is 2. The Labute approximate surface area is 104 Å². The van der Waals surface area contributed by atoms with E-state index in [4.69, 9.17) is 9.63 Å². The molecule has 2 aromatic heterocycles. The van der Waals surface area contributed by atoms with E-state index in [1.807, 2.05) is 19.1 Å². The number of aromatic nitrogens is 2. The van der Waals surface area contributed by atoms with E-state index in [9.17, 15) is 4.79 Å². The van der Waals surface area contributed by atoms with Gasteiger partial charge in [-0.15, -0.1) is 0 Å². The quantitative estimate of drug-likeness (QED) is 0.829. The number of carboxylic acids is 1. The number of carbonyl (C=O) groups is 1. The molecular weight excluding hydrogens is 234 g/mol. The van der Waals surface area contributed by atoms with Crippen LogP contribution >= 0.6 is 0 Å². The highest BCUT2D eigenvalue weighted by molar-refractivity contribution is 5.85. The summed E-state index contributed by atoms with van der Waals surface area (Å²) in [5.74, 6) is -0.597. The number of aromatic carboxylic acids is 1. The van der Waals surface area contributed by atoms with Gasteiger partial charge in [0.05, 0.1) is 6.54 Å². The molecule has 0 saturated heterocycles. The summed E-state index contributed by atoms with van der Waals surface area (Å²) in [5, 5.41) is 15.2. The first-order valence-electron chi connectivity index (χ1n) is 5.46. The molecule has 0 radical (unpaired) electrons. The summed E-state index contributed by atoms with van der Waals surface area (Å²) in [7, 11) is 0. The predicted molar refractivity (Wildman–Crippen MR) is 63.0 cm³/mol. The predicted octanol–water partition coefficient (Wildman–Crippen LogP) is 1.37. The van der Waals surface area contributed by atoms with Crippen molar-refractivity contribution in [2.75, 3.05) is 0 Å². The SMILES string of the molecule is Cc1ccc(CNCc2cc(C(=O)O)no2)cn1. The molecule has 6 nitrogen and oxygen atoms in total. The highest BCUT2D eigenvalue weighted by Crippen LogP contribution is 2.04. The maximum atomic E-state index is 10.6. The molecular formula is C12H13N3O3. The Morgan fingerprint density at radius 1 is 1.44 bits per heavy atom. The molecule has 0 aliphatic heterocycles. The van der Waals surface area contributed by atoms with Crippen molar-refractivity contribution >= 4 is 5.97 Å². The molecule has 0 unspecified atom stereocenters. The van der Waals surface area contributed by atoms with Crippen LogP contribution in [0.2, 0.25) is 0 Å². The van der Waals surface area contributed by atoms with E-state index in [0.717, 1.165) is 11.3 Å². The number of hydrogen-bond acceptors (Lipinski definition) is 5. The van der Waals surface area contributed by atoms with Gasteiger partial charge in [0.25, 0.3) is 0 Å². The van der Waals surface area contributed by atoms with Crippen molar-refractivity contribution in [2.45, 2.75) is 20.0 Å². The lowest BCUT2D eigenvalue weighted by atomic mass is 10.2. The molecule has 2 N–H and O–H groups in total. The second-order valence-electron chi connectivity index (χ2n) is 3.89. The van der Waals surface area contributed by atoms with Crippen molar-refractivity contribution in [3.63, 3.8) is 0 Å². The van der Waals surface area contributed by atoms with Crippen molar-refractivity contribution in [2.24, 2.45) is 0 Å². The standard InChI is InChI=1S/C12H13N3O3/c1-8-2-3-9(6-14-8)5-13-7-10-4-11(12(16)17)15-18-10/h2-4,6,13H,5,7H2,1H3,(H,16,17). The van der Waals surface area contributed by atoms with Crippen LogP contribution in [-0.2, 0) is 13.1 Å². The molecule has 18 heavy (non-hydrogen) atoms. The van der Waals surface area contributed by atoms with Gasteiger partial charge in [-0.3, -0.25) is 4.98 Å². The maximum Gasteiger partial charge on any atom is 0.358 e. The Balaban J connectivity index is 1.84. The van der Waals surface area contributed by atoms with Crippen molar-refractivity contribution in [1.29, 1.82) is 0 Å². The van der Waals surface area contributed by atoms with Gasteiger partial charge in [0.15, 0.2) is 11.5 Å². The molecule has 0 spiro atoms. The number of rotatable bonds is 5. The summed E-state index contributed by atoms with van der Waals surface area (Å²) >= 11 is 0. The largest absolute Gasteiger partial charge is 0.476 e. The zero-order valence-corrected chi connectivity index (χ0v) is 9.88. The zero-order chi connectivity index (χ0) is 13.0. The average molecular weight is 247 g/mol. The van der Waals surface area contributed by atoms with Crippen molar-refractivity contribution in [1.82, 2.24) is 15.5 Å². The first-order valence-corrected chi connectivity index (χ1v) is 5.46. The summed E-state index contributed by atoms with van der Waals surface area (Å²) in [6.07, 6.45) is 1.80.